The fourth-order valence-corrected chi connectivity index (χ4v) is 3.72. The van der Waals surface area contributed by atoms with E-state index in [0.29, 0.717) is 23.1 Å². The normalized spacial score (nSPS) is 12.6. The molecule has 3 rings (SSSR count). The summed E-state index contributed by atoms with van der Waals surface area (Å²) in [6.07, 6.45) is 0.859. The molecule has 0 fully saturated rings. The first-order chi connectivity index (χ1) is 17.4. The van der Waals surface area contributed by atoms with E-state index in [-0.39, 0.29) is 11.4 Å². The van der Waals surface area contributed by atoms with E-state index >= 15 is 0 Å². The first-order valence-electron chi connectivity index (χ1n) is 11.4. The lowest BCUT2D eigenvalue weighted by molar-refractivity contribution is -0.132. The van der Waals surface area contributed by atoms with E-state index in [1.165, 1.54) is 12.3 Å². The number of nitrogens with zero attached hydrogens (tertiary/aromatic N) is 1. The van der Waals surface area contributed by atoms with Crippen LogP contribution in [0.3, 0.4) is 0 Å². The van der Waals surface area contributed by atoms with Crippen LogP contribution < -0.4 is 20.2 Å². The molecular weight excluding hydrogens is 501 g/mol. The molecule has 3 aromatic rings. The molecule has 3 aromatic carbocycles. The molecule has 0 saturated heterocycles. The minimum absolute atomic E-state index is 0.266. The molecule has 0 aliphatic rings. The average Bonchev–Trinajstić information content (AvgIpc) is 2.86. The minimum Gasteiger partial charge on any atom is -0.494 e. The molecule has 36 heavy (non-hydrogen) atoms. The average molecular weight is 528 g/mol. The van der Waals surface area contributed by atoms with Gasteiger partial charge in [-0.15, -0.1) is 0 Å². The summed E-state index contributed by atoms with van der Waals surface area (Å²) in [6, 6.07) is 20.5. The summed E-state index contributed by atoms with van der Waals surface area (Å²) in [5.41, 5.74) is 4.14. The van der Waals surface area contributed by atoms with E-state index in [1.54, 1.807) is 19.1 Å². The molecule has 188 valence electrons. The van der Waals surface area contributed by atoms with Crippen LogP contribution in [0.1, 0.15) is 25.0 Å². The molecule has 7 nitrogen and oxygen atoms in total. The maximum Gasteiger partial charge on any atom is 0.262 e. The largest absolute Gasteiger partial charge is 0.494 e. The Morgan fingerprint density at radius 1 is 1.00 bits per heavy atom. The van der Waals surface area contributed by atoms with E-state index in [4.69, 9.17) is 32.7 Å². The molecule has 9 heteroatoms. The summed E-state index contributed by atoms with van der Waals surface area (Å²) in [6.45, 7) is 4.02. The molecule has 0 bridgehead atoms. The van der Waals surface area contributed by atoms with Gasteiger partial charge in [-0.05, 0) is 55.3 Å². The van der Waals surface area contributed by atoms with E-state index in [0.717, 1.165) is 11.1 Å². The Morgan fingerprint density at radius 3 is 2.50 bits per heavy atom. The second kappa shape index (κ2) is 13.5. The highest BCUT2D eigenvalue weighted by molar-refractivity contribution is 6.35. The summed E-state index contributed by atoms with van der Waals surface area (Å²) in [4.78, 5) is 25.9. The zero-order chi connectivity index (χ0) is 25.9. The van der Waals surface area contributed by atoms with Gasteiger partial charge in [0.15, 0.2) is 6.10 Å². The predicted octanol–water partition coefficient (Wildman–Crippen LogP) is 5.04. The lowest BCUT2D eigenvalue weighted by Gasteiger charge is -2.21. The first-order valence-corrected chi connectivity index (χ1v) is 12.1. The van der Waals surface area contributed by atoms with Crippen molar-refractivity contribution >= 4 is 41.2 Å². The minimum atomic E-state index is -0.917. The summed E-state index contributed by atoms with van der Waals surface area (Å²) < 4.78 is 11.2. The molecule has 0 unspecified atom stereocenters. The number of benzene rings is 3. The molecule has 0 spiro atoms. The van der Waals surface area contributed by atoms with Crippen LogP contribution in [0.4, 0.5) is 0 Å². The van der Waals surface area contributed by atoms with Crippen LogP contribution in [0, 0.1) is 0 Å². The van der Waals surface area contributed by atoms with Gasteiger partial charge in [0.2, 0.25) is 0 Å². The maximum atomic E-state index is 13.0. The van der Waals surface area contributed by atoms with Crippen LogP contribution in [0.2, 0.25) is 10.0 Å². The van der Waals surface area contributed by atoms with Crippen molar-refractivity contribution in [1.29, 1.82) is 0 Å². The summed E-state index contributed by atoms with van der Waals surface area (Å²) in [7, 11) is 0. The molecule has 0 aliphatic carbocycles. The number of amides is 2. The summed E-state index contributed by atoms with van der Waals surface area (Å²) in [5, 5.41) is 7.54. The zero-order valence-corrected chi connectivity index (χ0v) is 21.4. The van der Waals surface area contributed by atoms with Crippen LogP contribution in [-0.2, 0) is 16.0 Å². The van der Waals surface area contributed by atoms with Crippen molar-refractivity contribution < 1.29 is 19.1 Å². The molecule has 2 N–H and O–H groups in total. The number of hydrazone groups is 1. The zero-order valence-electron chi connectivity index (χ0n) is 19.9. The molecule has 0 aliphatic heterocycles. The monoisotopic (exact) mass is 527 g/mol. The van der Waals surface area contributed by atoms with Crippen LogP contribution in [0.5, 0.6) is 11.5 Å². The third kappa shape index (κ3) is 8.29. The lowest BCUT2D eigenvalue weighted by atomic mass is 10.1. The summed E-state index contributed by atoms with van der Waals surface area (Å²) >= 11 is 12.1. The highest BCUT2D eigenvalue weighted by Gasteiger charge is 2.25. The number of ether oxygens (including phenoxy) is 2. The van der Waals surface area contributed by atoms with Gasteiger partial charge >= 0.3 is 0 Å². The molecule has 0 aromatic heterocycles. The predicted molar refractivity (Wildman–Crippen MR) is 142 cm³/mol. The van der Waals surface area contributed by atoms with Gasteiger partial charge < -0.3 is 14.8 Å². The van der Waals surface area contributed by atoms with Gasteiger partial charge in [0.05, 0.1) is 17.8 Å². The van der Waals surface area contributed by atoms with Crippen LogP contribution >= 0.6 is 23.2 Å². The number of hydrogen-bond acceptors (Lipinski definition) is 5. The molecular formula is C27H27Cl2N3O4. The van der Waals surface area contributed by atoms with Gasteiger partial charge in [-0.2, -0.15) is 5.10 Å². The number of nitrogens with one attached hydrogen (secondary N) is 2. The van der Waals surface area contributed by atoms with Crippen LogP contribution in [0.25, 0.3) is 0 Å². The number of halogens is 2. The standard InChI is InChI=1S/C27H27Cl2N3O4/c1-3-35-22-11-7-10-20(14-22)17-30-32-27(34)24(15-19-8-5-4-6-9-19)31-26(33)18(2)36-25-13-12-21(28)16-23(25)29/h4-14,16-18,24H,3,15H2,1-2H3,(H,31,33)(H,32,34)/b30-17-/t18-,24-/m1/s1. The fraction of sp³-hybridized carbons (Fsp3) is 0.222. The Balaban J connectivity index is 1.68. The maximum absolute atomic E-state index is 13.0. The van der Waals surface area contributed by atoms with E-state index in [2.05, 4.69) is 15.8 Å². The molecule has 0 heterocycles. The van der Waals surface area contributed by atoms with Crippen LogP contribution in [0.15, 0.2) is 77.9 Å². The number of rotatable bonds is 11. The Kier molecular flexibility index (Phi) is 10.2. The van der Waals surface area contributed by atoms with Crippen molar-refractivity contribution in [3.8, 4) is 11.5 Å². The molecule has 2 atom stereocenters. The van der Waals surface area contributed by atoms with Gasteiger partial charge in [-0.25, -0.2) is 5.43 Å². The van der Waals surface area contributed by atoms with E-state index < -0.39 is 24.0 Å². The summed E-state index contributed by atoms with van der Waals surface area (Å²) in [5.74, 6) is 0.0649. The van der Waals surface area contributed by atoms with Crippen molar-refractivity contribution in [2.24, 2.45) is 5.10 Å². The van der Waals surface area contributed by atoms with Crippen LogP contribution in [-0.4, -0.2) is 36.8 Å². The molecule has 0 radical (unpaired) electrons. The highest BCUT2D eigenvalue weighted by Crippen LogP contribution is 2.28. The van der Waals surface area contributed by atoms with Gasteiger partial charge in [-0.1, -0.05) is 65.7 Å². The third-order valence-electron chi connectivity index (χ3n) is 5.04. The van der Waals surface area contributed by atoms with E-state index in [9.17, 15) is 9.59 Å². The quantitative estimate of drug-likeness (QED) is 0.270. The first kappa shape index (κ1) is 27.0. The Labute approximate surface area is 220 Å². The topological polar surface area (TPSA) is 89.0 Å². The third-order valence-corrected chi connectivity index (χ3v) is 5.57. The van der Waals surface area contributed by atoms with Gasteiger partial charge in [0.1, 0.15) is 17.5 Å². The van der Waals surface area contributed by atoms with Crippen molar-refractivity contribution in [1.82, 2.24) is 10.7 Å². The highest BCUT2D eigenvalue weighted by atomic mass is 35.5. The SMILES string of the molecule is CCOc1cccc(/C=N\NC(=O)[C@@H](Cc2ccccc2)NC(=O)[C@@H](C)Oc2ccc(Cl)cc2Cl)c1. The molecule has 0 saturated carbocycles. The Morgan fingerprint density at radius 2 is 1.78 bits per heavy atom. The second-order valence-electron chi connectivity index (χ2n) is 7.83. The van der Waals surface area contributed by atoms with Gasteiger partial charge in [0.25, 0.3) is 11.8 Å². The van der Waals surface area contributed by atoms with Crippen molar-refractivity contribution in [2.45, 2.75) is 32.4 Å². The lowest BCUT2D eigenvalue weighted by Crippen LogP contribution is -2.50. The molecule has 2 amide bonds. The van der Waals surface area contributed by atoms with E-state index in [1.807, 2.05) is 61.5 Å². The smallest absolute Gasteiger partial charge is 0.262 e. The number of hydrogen-bond donors (Lipinski definition) is 2. The van der Waals surface area contributed by atoms with Crippen molar-refractivity contribution in [3.05, 3.63) is 94.0 Å². The van der Waals surface area contributed by atoms with Gasteiger partial charge in [-0.3, -0.25) is 9.59 Å². The van der Waals surface area contributed by atoms with Gasteiger partial charge in [0, 0.05) is 11.4 Å². The second-order valence-corrected chi connectivity index (χ2v) is 8.67. The Bertz CT molecular complexity index is 1200. The number of carbonyl (C=O) groups excluding carboxylic acids is 2. The Hall–Kier alpha value is -3.55. The fourth-order valence-electron chi connectivity index (χ4n) is 3.26. The van der Waals surface area contributed by atoms with Crippen molar-refractivity contribution in [2.75, 3.05) is 6.61 Å². The van der Waals surface area contributed by atoms with Crippen molar-refractivity contribution in [3.63, 3.8) is 0 Å². The number of carbonyl (C=O) groups is 2.